The van der Waals surface area contributed by atoms with Gasteiger partial charge in [0, 0.05) is 18.0 Å². The van der Waals surface area contributed by atoms with Gasteiger partial charge in [-0.3, -0.25) is 4.98 Å². The standard InChI is InChI=1S/C11H11N3O2/c1-2-16-11(15)9(6-12)10(13)8-4-3-5-14-7-8/h3-5,7H,2,13H2,1H3. The minimum absolute atomic E-state index is 0.0778. The zero-order valence-corrected chi connectivity index (χ0v) is 8.80. The topological polar surface area (TPSA) is 89.0 Å². The number of carbonyl (C=O) groups excluding carboxylic acids is 1. The van der Waals surface area contributed by atoms with Gasteiger partial charge in [0.2, 0.25) is 0 Å². The Hall–Kier alpha value is -2.35. The highest BCUT2D eigenvalue weighted by Crippen LogP contribution is 2.12. The second-order valence-electron chi connectivity index (χ2n) is 2.86. The van der Waals surface area contributed by atoms with Gasteiger partial charge < -0.3 is 10.5 Å². The Bertz CT molecular complexity index is 446. The first-order chi connectivity index (χ1) is 7.70. The fraction of sp³-hybridized carbons (Fsp3) is 0.182. The first kappa shape index (κ1) is 11.7. The minimum Gasteiger partial charge on any atom is -0.462 e. The van der Waals surface area contributed by atoms with Crippen LogP contribution in [0.1, 0.15) is 12.5 Å². The van der Waals surface area contributed by atoms with Crippen LogP contribution in [0.25, 0.3) is 5.70 Å². The van der Waals surface area contributed by atoms with Crippen LogP contribution < -0.4 is 5.73 Å². The summed E-state index contributed by atoms with van der Waals surface area (Å²) in [5.41, 5.74) is 6.10. The van der Waals surface area contributed by atoms with Crippen LogP contribution in [-0.2, 0) is 9.53 Å². The summed E-state index contributed by atoms with van der Waals surface area (Å²) >= 11 is 0. The van der Waals surface area contributed by atoms with Gasteiger partial charge in [-0.2, -0.15) is 5.26 Å². The third-order valence-corrected chi connectivity index (χ3v) is 1.83. The van der Waals surface area contributed by atoms with Crippen LogP contribution in [-0.4, -0.2) is 17.6 Å². The zero-order chi connectivity index (χ0) is 12.0. The van der Waals surface area contributed by atoms with Crippen molar-refractivity contribution in [2.24, 2.45) is 5.73 Å². The van der Waals surface area contributed by atoms with E-state index in [1.807, 2.05) is 0 Å². The van der Waals surface area contributed by atoms with E-state index >= 15 is 0 Å². The van der Waals surface area contributed by atoms with Gasteiger partial charge in [-0.15, -0.1) is 0 Å². The van der Waals surface area contributed by atoms with E-state index in [0.717, 1.165) is 0 Å². The number of hydrogen-bond donors (Lipinski definition) is 1. The van der Waals surface area contributed by atoms with Gasteiger partial charge in [-0.25, -0.2) is 4.79 Å². The highest BCUT2D eigenvalue weighted by Gasteiger charge is 2.15. The molecule has 0 spiro atoms. The number of nitriles is 1. The SMILES string of the molecule is CCOC(=O)C(C#N)=C(N)c1cccnc1. The Kier molecular flexibility index (Phi) is 4.04. The van der Waals surface area contributed by atoms with Crippen molar-refractivity contribution >= 4 is 11.7 Å². The fourth-order valence-corrected chi connectivity index (χ4v) is 1.09. The molecule has 0 bridgehead atoms. The van der Waals surface area contributed by atoms with Gasteiger partial charge in [-0.05, 0) is 19.1 Å². The van der Waals surface area contributed by atoms with Crippen LogP contribution in [0.2, 0.25) is 0 Å². The van der Waals surface area contributed by atoms with Crippen molar-refractivity contribution in [2.75, 3.05) is 6.61 Å². The lowest BCUT2D eigenvalue weighted by Crippen LogP contribution is -2.12. The van der Waals surface area contributed by atoms with Gasteiger partial charge in [0.15, 0.2) is 5.57 Å². The van der Waals surface area contributed by atoms with Gasteiger partial charge in [0.1, 0.15) is 6.07 Å². The molecule has 1 rings (SSSR count). The maximum Gasteiger partial charge on any atom is 0.351 e. The van der Waals surface area contributed by atoms with Crippen molar-refractivity contribution in [3.8, 4) is 6.07 Å². The quantitative estimate of drug-likeness (QED) is 0.460. The molecule has 0 fully saturated rings. The summed E-state index contributed by atoms with van der Waals surface area (Å²) in [4.78, 5) is 15.2. The second kappa shape index (κ2) is 5.51. The third-order valence-electron chi connectivity index (χ3n) is 1.83. The Labute approximate surface area is 93.2 Å². The summed E-state index contributed by atoms with van der Waals surface area (Å²) in [6.45, 7) is 1.86. The van der Waals surface area contributed by atoms with Crippen LogP contribution in [0, 0.1) is 11.3 Å². The molecule has 0 radical (unpaired) electrons. The lowest BCUT2D eigenvalue weighted by molar-refractivity contribution is -0.137. The number of nitrogens with two attached hydrogens (primary N) is 1. The average Bonchev–Trinajstić information content (AvgIpc) is 2.31. The van der Waals surface area contributed by atoms with Crippen molar-refractivity contribution < 1.29 is 9.53 Å². The Balaban J connectivity index is 3.11. The van der Waals surface area contributed by atoms with Gasteiger partial charge in [0.25, 0.3) is 0 Å². The fourth-order valence-electron chi connectivity index (χ4n) is 1.09. The summed E-state index contributed by atoms with van der Waals surface area (Å²) < 4.78 is 4.72. The van der Waals surface area contributed by atoms with Crippen molar-refractivity contribution in [1.82, 2.24) is 4.98 Å². The molecule has 82 valence electrons. The normalized spacial score (nSPS) is 11.2. The number of rotatable bonds is 3. The highest BCUT2D eigenvalue weighted by atomic mass is 16.5. The molecule has 0 unspecified atom stereocenters. The van der Waals surface area contributed by atoms with Crippen molar-refractivity contribution in [2.45, 2.75) is 6.92 Å². The van der Waals surface area contributed by atoms with Crippen molar-refractivity contribution in [1.29, 1.82) is 5.26 Å². The van der Waals surface area contributed by atoms with Gasteiger partial charge >= 0.3 is 5.97 Å². The molecule has 0 aliphatic rings. The molecule has 0 saturated heterocycles. The molecule has 1 aromatic heterocycles. The molecule has 0 aliphatic heterocycles. The summed E-state index contributed by atoms with van der Waals surface area (Å²) in [7, 11) is 0. The van der Waals surface area contributed by atoms with Crippen LogP contribution in [0.5, 0.6) is 0 Å². The van der Waals surface area contributed by atoms with Gasteiger partial charge in [0.05, 0.1) is 12.3 Å². The first-order valence-electron chi connectivity index (χ1n) is 4.68. The monoisotopic (exact) mass is 217 g/mol. The summed E-state index contributed by atoms with van der Waals surface area (Å²) in [5.74, 6) is -0.716. The highest BCUT2D eigenvalue weighted by molar-refractivity contribution is 6.00. The molecule has 5 nitrogen and oxygen atoms in total. The molecule has 1 heterocycles. The number of ether oxygens (including phenoxy) is 1. The molecule has 2 N–H and O–H groups in total. The van der Waals surface area contributed by atoms with E-state index in [9.17, 15) is 4.79 Å². The Morgan fingerprint density at radius 1 is 1.69 bits per heavy atom. The van der Waals surface area contributed by atoms with Gasteiger partial charge in [-0.1, -0.05) is 0 Å². The molecule has 1 aromatic rings. The number of pyridine rings is 1. The van der Waals surface area contributed by atoms with E-state index in [1.54, 1.807) is 31.3 Å². The van der Waals surface area contributed by atoms with Crippen molar-refractivity contribution in [3.63, 3.8) is 0 Å². The molecule has 5 heteroatoms. The summed E-state index contributed by atoms with van der Waals surface area (Å²) in [6.07, 6.45) is 3.05. The van der Waals surface area contributed by atoms with Crippen LogP contribution in [0.4, 0.5) is 0 Å². The summed E-state index contributed by atoms with van der Waals surface area (Å²) in [5, 5.41) is 8.85. The molecule has 16 heavy (non-hydrogen) atoms. The maximum absolute atomic E-state index is 11.4. The predicted molar refractivity (Wildman–Crippen MR) is 57.6 cm³/mol. The number of carbonyl (C=O) groups is 1. The minimum atomic E-state index is -0.716. The lowest BCUT2D eigenvalue weighted by atomic mass is 10.1. The summed E-state index contributed by atoms with van der Waals surface area (Å²) in [6, 6.07) is 5.07. The van der Waals surface area contributed by atoms with Crippen LogP contribution in [0.15, 0.2) is 30.1 Å². The number of aromatic nitrogens is 1. The Morgan fingerprint density at radius 2 is 2.44 bits per heavy atom. The second-order valence-corrected chi connectivity index (χ2v) is 2.86. The first-order valence-corrected chi connectivity index (χ1v) is 4.68. The number of nitrogens with zero attached hydrogens (tertiary/aromatic N) is 2. The number of hydrogen-bond acceptors (Lipinski definition) is 5. The van der Waals surface area contributed by atoms with E-state index in [1.165, 1.54) is 6.20 Å². The largest absolute Gasteiger partial charge is 0.462 e. The van der Waals surface area contributed by atoms with E-state index in [0.29, 0.717) is 5.56 Å². The Morgan fingerprint density at radius 3 is 2.94 bits per heavy atom. The van der Waals surface area contributed by atoms with E-state index in [2.05, 4.69) is 4.98 Å². The lowest BCUT2D eigenvalue weighted by Gasteiger charge is -2.04. The van der Waals surface area contributed by atoms with Crippen LogP contribution in [0.3, 0.4) is 0 Å². The third kappa shape index (κ3) is 2.58. The average molecular weight is 217 g/mol. The number of esters is 1. The smallest absolute Gasteiger partial charge is 0.351 e. The maximum atomic E-state index is 11.4. The molecule has 0 aliphatic carbocycles. The van der Waals surface area contributed by atoms with E-state index in [4.69, 9.17) is 15.7 Å². The molecule has 0 aromatic carbocycles. The van der Waals surface area contributed by atoms with Crippen LogP contribution >= 0.6 is 0 Å². The van der Waals surface area contributed by atoms with E-state index in [-0.39, 0.29) is 17.9 Å². The molecular formula is C11H11N3O2. The molecular weight excluding hydrogens is 206 g/mol. The van der Waals surface area contributed by atoms with Crippen molar-refractivity contribution in [3.05, 3.63) is 35.7 Å². The molecule has 0 amide bonds. The molecule has 0 atom stereocenters. The molecule has 0 saturated carbocycles. The predicted octanol–water partition coefficient (Wildman–Crippen LogP) is 0.838. The zero-order valence-electron chi connectivity index (χ0n) is 8.80. The van der Waals surface area contributed by atoms with E-state index < -0.39 is 5.97 Å².